The Morgan fingerprint density at radius 3 is 2.39 bits per heavy atom. The largest absolute Gasteiger partial charge is 0.334 e. The molecule has 0 saturated carbocycles. The van der Waals surface area contributed by atoms with Crippen molar-refractivity contribution in [3.05, 3.63) is 65.2 Å². The third-order valence-electron chi connectivity index (χ3n) is 5.34. The molecule has 2 atom stereocenters. The fourth-order valence-electron chi connectivity index (χ4n) is 3.12. The summed E-state index contributed by atoms with van der Waals surface area (Å²) in [4.78, 5) is 28.1. The summed E-state index contributed by atoms with van der Waals surface area (Å²) < 4.78 is 0. The molecule has 0 radical (unpaired) electrons. The van der Waals surface area contributed by atoms with Gasteiger partial charge in [0.2, 0.25) is 0 Å². The van der Waals surface area contributed by atoms with E-state index < -0.39 is 0 Å². The molecule has 2 rings (SSSR count). The number of quaternary nitrogens is 1. The number of likely N-dealkylation sites (N-methyl/N-ethyl adjacent to an activating group) is 2. The van der Waals surface area contributed by atoms with E-state index in [9.17, 15) is 9.59 Å². The molecule has 0 aliphatic rings. The molecule has 0 bridgehead atoms. The van der Waals surface area contributed by atoms with Crippen molar-refractivity contribution in [3.63, 3.8) is 0 Å². The number of hydrogen-bond donors (Lipinski definition) is 2. The minimum atomic E-state index is -0.298. The van der Waals surface area contributed by atoms with Crippen LogP contribution in [0.2, 0.25) is 0 Å². The van der Waals surface area contributed by atoms with Crippen LogP contribution in [0.25, 0.3) is 0 Å². The summed E-state index contributed by atoms with van der Waals surface area (Å²) in [6, 6.07) is 15.5. The van der Waals surface area contributed by atoms with Crippen LogP contribution in [0.4, 0.5) is 5.69 Å². The van der Waals surface area contributed by atoms with Gasteiger partial charge in [0.25, 0.3) is 11.8 Å². The zero-order chi connectivity index (χ0) is 20.7. The van der Waals surface area contributed by atoms with Gasteiger partial charge >= 0.3 is 0 Å². The monoisotopic (exact) mass is 382 g/mol. The molecule has 2 aromatic rings. The van der Waals surface area contributed by atoms with E-state index in [4.69, 9.17) is 0 Å². The van der Waals surface area contributed by atoms with Crippen LogP contribution in [0.3, 0.4) is 0 Å². The van der Waals surface area contributed by atoms with Crippen molar-refractivity contribution in [1.29, 1.82) is 0 Å². The van der Waals surface area contributed by atoms with Crippen molar-refractivity contribution in [3.8, 4) is 0 Å². The second kappa shape index (κ2) is 10.0. The summed E-state index contributed by atoms with van der Waals surface area (Å²) in [6.07, 6.45) is 0. The highest BCUT2D eigenvalue weighted by Gasteiger charge is 2.28. The Morgan fingerprint density at radius 2 is 1.75 bits per heavy atom. The van der Waals surface area contributed by atoms with Gasteiger partial charge in [0.15, 0.2) is 12.6 Å². The smallest absolute Gasteiger partial charge is 0.280 e. The van der Waals surface area contributed by atoms with E-state index in [1.807, 2.05) is 88.2 Å². The zero-order valence-electron chi connectivity index (χ0n) is 17.6. The first-order valence-corrected chi connectivity index (χ1v) is 9.84. The van der Waals surface area contributed by atoms with Gasteiger partial charge in [-0.15, -0.1) is 0 Å². The minimum absolute atomic E-state index is 0.0587. The number of nitrogens with zero attached hydrogens (tertiary/aromatic N) is 1. The quantitative estimate of drug-likeness (QED) is 0.735. The summed E-state index contributed by atoms with van der Waals surface area (Å²) in [7, 11) is 1.89. The van der Waals surface area contributed by atoms with Crippen molar-refractivity contribution in [1.82, 2.24) is 4.90 Å². The summed E-state index contributed by atoms with van der Waals surface area (Å²) in [6.45, 7) is 9.35. The SMILES string of the molecule is CCN(Cc1ccccc1)C(=O)[C@@H](C)[NH+](C)CC(=O)Nc1cccc(C)c1C. The van der Waals surface area contributed by atoms with E-state index in [1.54, 1.807) is 0 Å². The average Bonchev–Trinajstić information content (AvgIpc) is 2.69. The number of anilines is 1. The normalized spacial score (nSPS) is 12.9. The molecule has 0 spiro atoms. The van der Waals surface area contributed by atoms with Crippen LogP contribution in [0, 0.1) is 13.8 Å². The molecule has 0 aromatic heterocycles. The second-order valence-electron chi connectivity index (χ2n) is 7.38. The highest BCUT2D eigenvalue weighted by molar-refractivity contribution is 5.92. The van der Waals surface area contributed by atoms with Crippen molar-refractivity contribution >= 4 is 17.5 Å². The minimum Gasteiger partial charge on any atom is -0.334 e. The molecule has 0 saturated heterocycles. The number of carbonyl (C=O) groups excluding carboxylic acids is 2. The number of benzene rings is 2. The number of aryl methyl sites for hydroxylation is 1. The lowest BCUT2D eigenvalue weighted by Crippen LogP contribution is -3.15. The molecule has 5 nitrogen and oxygen atoms in total. The molecular weight excluding hydrogens is 350 g/mol. The maximum atomic E-state index is 12.9. The van der Waals surface area contributed by atoms with Gasteiger partial charge in [0.1, 0.15) is 0 Å². The number of rotatable bonds is 8. The van der Waals surface area contributed by atoms with Crippen LogP contribution >= 0.6 is 0 Å². The maximum Gasteiger partial charge on any atom is 0.280 e. The Bertz CT molecular complexity index is 805. The molecular formula is C23H32N3O2+. The van der Waals surface area contributed by atoms with Crippen molar-refractivity contribution < 1.29 is 14.5 Å². The summed E-state index contributed by atoms with van der Waals surface area (Å²) >= 11 is 0. The molecule has 1 unspecified atom stereocenters. The van der Waals surface area contributed by atoms with Crippen molar-refractivity contribution in [2.75, 3.05) is 25.5 Å². The van der Waals surface area contributed by atoms with Crippen LogP contribution in [-0.2, 0) is 16.1 Å². The van der Waals surface area contributed by atoms with E-state index in [1.165, 1.54) is 0 Å². The van der Waals surface area contributed by atoms with E-state index in [0.29, 0.717) is 13.1 Å². The lowest BCUT2D eigenvalue weighted by molar-refractivity contribution is -0.886. The van der Waals surface area contributed by atoms with Gasteiger partial charge in [0.05, 0.1) is 7.05 Å². The van der Waals surface area contributed by atoms with Crippen LogP contribution in [-0.4, -0.2) is 42.9 Å². The van der Waals surface area contributed by atoms with Crippen LogP contribution in [0.5, 0.6) is 0 Å². The molecule has 2 amide bonds. The highest BCUT2D eigenvalue weighted by atomic mass is 16.2. The maximum absolute atomic E-state index is 12.9. The van der Waals surface area contributed by atoms with E-state index in [0.717, 1.165) is 27.3 Å². The van der Waals surface area contributed by atoms with Crippen molar-refractivity contribution in [2.45, 2.75) is 40.3 Å². The molecule has 0 fully saturated rings. The molecule has 28 heavy (non-hydrogen) atoms. The van der Waals surface area contributed by atoms with Crippen LogP contribution < -0.4 is 10.2 Å². The first kappa shape index (κ1) is 21.6. The third-order valence-corrected chi connectivity index (χ3v) is 5.34. The Balaban J connectivity index is 1.96. The zero-order valence-corrected chi connectivity index (χ0v) is 17.6. The van der Waals surface area contributed by atoms with Gasteiger partial charge in [-0.3, -0.25) is 9.59 Å². The standard InChI is InChI=1S/C23H31N3O2/c1-6-26(15-20-12-8-7-9-13-20)23(28)19(4)25(5)16-22(27)24-21-14-10-11-17(2)18(21)3/h7-14,19H,6,15-16H2,1-5H3,(H,24,27)/p+1/t19-/m1/s1. The van der Waals surface area contributed by atoms with E-state index in [-0.39, 0.29) is 24.4 Å². The fraction of sp³-hybridized carbons (Fsp3) is 0.391. The molecule has 2 N–H and O–H groups in total. The molecule has 5 heteroatoms. The lowest BCUT2D eigenvalue weighted by atomic mass is 10.1. The molecule has 0 aliphatic heterocycles. The average molecular weight is 383 g/mol. The second-order valence-corrected chi connectivity index (χ2v) is 7.38. The predicted octanol–water partition coefficient (Wildman–Crippen LogP) is 2.19. The molecule has 2 aromatic carbocycles. The first-order valence-electron chi connectivity index (χ1n) is 9.84. The number of nitrogens with one attached hydrogen (secondary N) is 2. The lowest BCUT2D eigenvalue weighted by Gasteiger charge is -2.27. The van der Waals surface area contributed by atoms with E-state index >= 15 is 0 Å². The van der Waals surface area contributed by atoms with Gasteiger partial charge in [-0.2, -0.15) is 0 Å². The molecule has 0 heterocycles. The predicted molar refractivity (Wildman–Crippen MR) is 113 cm³/mol. The first-order chi connectivity index (χ1) is 13.3. The van der Waals surface area contributed by atoms with Crippen LogP contribution in [0.1, 0.15) is 30.5 Å². The Hall–Kier alpha value is -2.66. The third kappa shape index (κ3) is 5.67. The fourth-order valence-corrected chi connectivity index (χ4v) is 3.12. The summed E-state index contributed by atoms with van der Waals surface area (Å²) in [5, 5.41) is 2.97. The Labute approximate surface area is 168 Å². The molecule has 0 aliphatic carbocycles. The summed E-state index contributed by atoms with van der Waals surface area (Å²) in [5.74, 6) is -0.0275. The highest BCUT2D eigenvalue weighted by Crippen LogP contribution is 2.17. The number of amides is 2. The van der Waals surface area contributed by atoms with Gasteiger partial charge in [0, 0.05) is 18.8 Å². The number of hydrogen-bond acceptors (Lipinski definition) is 2. The molecule has 150 valence electrons. The van der Waals surface area contributed by atoms with Gasteiger partial charge in [-0.25, -0.2) is 0 Å². The Kier molecular flexibility index (Phi) is 7.76. The summed E-state index contributed by atoms with van der Waals surface area (Å²) in [5.41, 5.74) is 4.14. The number of carbonyl (C=O) groups is 2. The van der Waals surface area contributed by atoms with E-state index in [2.05, 4.69) is 5.32 Å². The van der Waals surface area contributed by atoms with Crippen molar-refractivity contribution in [2.24, 2.45) is 0 Å². The topological polar surface area (TPSA) is 53.9 Å². The van der Waals surface area contributed by atoms with Gasteiger partial charge in [-0.05, 0) is 50.5 Å². The van der Waals surface area contributed by atoms with Gasteiger partial charge in [-0.1, -0.05) is 42.5 Å². The van der Waals surface area contributed by atoms with Crippen LogP contribution in [0.15, 0.2) is 48.5 Å². The Morgan fingerprint density at radius 1 is 1.07 bits per heavy atom. The van der Waals surface area contributed by atoms with Gasteiger partial charge < -0.3 is 15.1 Å².